The fourth-order valence-electron chi connectivity index (χ4n) is 2.68. The SMILES string of the molecule is Cc1cc(/C=C/c2cc[n+](C)cc2)c(C)n1C1CC1.[I-]. The molecular formula is C17H21IN2. The van der Waals surface area contributed by atoms with Crippen molar-refractivity contribution in [2.24, 2.45) is 7.05 Å². The van der Waals surface area contributed by atoms with Gasteiger partial charge < -0.3 is 28.5 Å². The molecule has 1 fully saturated rings. The molecule has 2 heterocycles. The summed E-state index contributed by atoms with van der Waals surface area (Å²) in [5.74, 6) is 0. The van der Waals surface area contributed by atoms with Crippen molar-refractivity contribution in [3.63, 3.8) is 0 Å². The van der Waals surface area contributed by atoms with E-state index in [4.69, 9.17) is 0 Å². The molecule has 2 nitrogen and oxygen atoms in total. The third-order valence-electron chi connectivity index (χ3n) is 3.90. The molecule has 0 bridgehead atoms. The average Bonchev–Trinajstić information content (AvgIpc) is 3.17. The minimum atomic E-state index is 0. The van der Waals surface area contributed by atoms with Gasteiger partial charge in [0.1, 0.15) is 7.05 Å². The Hall–Kier alpha value is -1.10. The Morgan fingerprint density at radius 1 is 1.15 bits per heavy atom. The lowest BCUT2D eigenvalue weighted by Crippen LogP contribution is -3.00. The summed E-state index contributed by atoms with van der Waals surface area (Å²) in [7, 11) is 2.04. The molecular weight excluding hydrogens is 359 g/mol. The Labute approximate surface area is 138 Å². The fraction of sp³-hybridized carbons (Fsp3) is 0.353. The van der Waals surface area contributed by atoms with Gasteiger partial charge in [0.25, 0.3) is 0 Å². The number of pyridine rings is 1. The summed E-state index contributed by atoms with van der Waals surface area (Å²) in [5, 5.41) is 0. The Kier molecular flexibility index (Phi) is 4.68. The highest BCUT2D eigenvalue weighted by Gasteiger charge is 2.26. The lowest BCUT2D eigenvalue weighted by molar-refractivity contribution is -0.671. The van der Waals surface area contributed by atoms with Crippen molar-refractivity contribution < 1.29 is 28.5 Å². The smallest absolute Gasteiger partial charge is 0.169 e. The van der Waals surface area contributed by atoms with E-state index < -0.39 is 0 Å². The van der Waals surface area contributed by atoms with Crippen molar-refractivity contribution in [3.05, 3.63) is 53.1 Å². The summed E-state index contributed by atoms with van der Waals surface area (Å²) >= 11 is 0. The van der Waals surface area contributed by atoms with Gasteiger partial charge >= 0.3 is 0 Å². The molecule has 0 amide bonds. The summed E-state index contributed by atoms with van der Waals surface area (Å²) in [6.45, 7) is 4.45. The third-order valence-corrected chi connectivity index (χ3v) is 3.90. The third kappa shape index (κ3) is 3.14. The minimum absolute atomic E-state index is 0. The second kappa shape index (κ2) is 6.12. The van der Waals surface area contributed by atoms with E-state index in [1.54, 1.807) is 0 Å². The summed E-state index contributed by atoms with van der Waals surface area (Å²) in [5.41, 5.74) is 5.38. The van der Waals surface area contributed by atoms with Gasteiger partial charge in [0.15, 0.2) is 12.4 Å². The van der Waals surface area contributed by atoms with E-state index in [2.05, 4.69) is 65.7 Å². The van der Waals surface area contributed by atoms with Gasteiger partial charge in [-0.15, -0.1) is 0 Å². The Morgan fingerprint density at radius 2 is 1.80 bits per heavy atom. The average molecular weight is 380 g/mol. The van der Waals surface area contributed by atoms with Crippen molar-refractivity contribution in [1.82, 2.24) is 4.57 Å². The number of halogens is 1. The maximum absolute atomic E-state index is 2.49. The monoisotopic (exact) mass is 380 g/mol. The van der Waals surface area contributed by atoms with Crippen LogP contribution in [0.2, 0.25) is 0 Å². The molecule has 3 rings (SSSR count). The predicted molar refractivity (Wildman–Crippen MR) is 78.7 cm³/mol. The number of hydrogen-bond donors (Lipinski definition) is 0. The van der Waals surface area contributed by atoms with Crippen LogP contribution < -0.4 is 28.5 Å². The van der Waals surface area contributed by atoms with Gasteiger partial charge in [0.05, 0.1) is 0 Å². The van der Waals surface area contributed by atoms with Crippen molar-refractivity contribution >= 4 is 12.2 Å². The van der Waals surface area contributed by atoms with E-state index in [-0.39, 0.29) is 24.0 Å². The van der Waals surface area contributed by atoms with Crippen molar-refractivity contribution in [3.8, 4) is 0 Å². The van der Waals surface area contributed by atoms with Crippen LogP contribution in [0.25, 0.3) is 12.2 Å². The van der Waals surface area contributed by atoms with E-state index in [1.807, 2.05) is 7.05 Å². The molecule has 2 aromatic heterocycles. The van der Waals surface area contributed by atoms with Gasteiger partial charge in [-0.2, -0.15) is 0 Å². The standard InChI is InChI=1S/C17H21N2.HI/c1-13-12-16(14(2)19(13)17-6-7-17)5-4-15-8-10-18(3)11-9-15;/h4-5,8-12,17H,6-7H2,1-3H3;1H/q+1;/p-1. The molecule has 20 heavy (non-hydrogen) atoms. The predicted octanol–water partition coefficient (Wildman–Crippen LogP) is 0.439. The first kappa shape index (κ1) is 15.3. The number of rotatable bonds is 3. The number of nitrogens with zero attached hydrogens (tertiary/aromatic N) is 2. The quantitative estimate of drug-likeness (QED) is 0.540. The number of aryl methyl sites for hydroxylation is 2. The summed E-state index contributed by atoms with van der Waals surface area (Å²) < 4.78 is 4.54. The zero-order valence-electron chi connectivity index (χ0n) is 12.3. The highest BCUT2D eigenvalue weighted by molar-refractivity contribution is 5.70. The maximum Gasteiger partial charge on any atom is 0.169 e. The second-order valence-corrected chi connectivity index (χ2v) is 5.56. The summed E-state index contributed by atoms with van der Waals surface area (Å²) in [4.78, 5) is 0. The normalized spacial score (nSPS) is 14.6. The first-order valence-corrected chi connectivity index (χ1v) is 6.97. The van der Waals surface area contributed by atoms with E-state index in [0.29, 0.717) is 0 Å². The molecule has 0 radical (unpaired) electrons. The summed E-state index contributed by atoms with van der Waals surface area (Å²) in [6, 6.07) is 7.33. The van der Waals surface area contributed by atoms with Crippen molar-refractivity contribution in [2.45, 2.75) is 32.7 Å². The lowest BCUT2D eigenvalue weighted by atomic mass is 10.2. The summed E-state index contributed by atoms with van der Waals surface area (Å²) in [6.07, 6.45) is 11.3. The van der Waals surface area contributed by atoms with Crippen molar-refractivity contribution in [2.75, 3.05) is 0 Å². The Morgan fingerprint density at radius 3 is 2.40 bits per heavy atom. The first-order chi connectivity index (χ1) is 9.15. The largest absolute Gasteiger partial charge is 1.00 e. The van der Waals surface area contributed by atoms with Gasteiger partial charge in [-0.25, -0.2) is 4.57 Å². The van der Waals surface area contributed by atoms with Crippen LogP contribution in [0, 0.1) is 13.8 Å². The minimum Gasteiger partial charge on any atom is -1.00 e. The Bertz CT molecular complexity index is 619. The molecule has 0 unspecified atom stereocenters. The van der Waals surface area contributed by atoms with Crippen LogP contribution in [-0.2, 0) is 7.05 Å². The van der Waals surface area contributed by atoms with E-state index in [1.165, 1.54) is 35.4 Å². The molecule has 0 atom stereocenters. The molecule has 1 aliphatic carbocycles. The molecule has 0 aliphatic heterocycles. The molecule has 0 saturated heterocycles. The first-order valence-electron chi connectivity index (χ1n) is 6.97. The maximum atomic E-state index is 2.49. The van der Waals surface area contributed by atoms with Crippen LogP contribution in [0.3, 0.4) is 0 Å². The Balaban J connectivity index is 0.00000147. The van der Waals surface area contributed by atoms with Gasteiger partial charge in [-0.05, 0) is 43.9 Å². The zero-order chi connectivity index (χ0) is 13.4. The van der Waals surface area contributed by atoms with Gasteiger partial charge in [0, 0.05) is 29.6 Å². The molecule has 3 heteroatoms. The lowest BCUT2D eigenvalue weighted by Gasteiger charge is -2.06. The zero-order valence-corrected chi connectivity index (χ0v) is 14.5. The number of aromatic nitrogens is 2. The van der Waals surface area contributed by atoms with Crippen LogP contribution in [-0.4, -0.2) is 4.57 Å². The van der Waals surface area contributed by atoms with Gasteiger partial charge in [-0.1, -0.05) is 12.2 Å². The molecule has 1 saturated carbocycles. The molecule has 0 aromatic carbocycles. The van der Waals surface area contributed by atoms with Gasteiger partial charge in [-0.3, -0.25) is 0 Å². The van der Waals surface area contributed by atoms with Crippen molar-refractivity contribution in [1.29, 1.82) is 0 Å². The topological polar surface area (TPSA) is 8.81 Å². The molecule has 1 aliphatic rings. The number of hydrogen-bond acceptors (Lipinski definition) is 0. The van der Waals surface area contributed by atoms with Gasteiger partial charge in [0.2, 0.25) is 0 Å². The van der Waals surface area contributed by atoms with E-state index in [9.17, 15) is 0 Å². The van der Waals surface area contributed by atoms with Crippen LogP contribution in [0.1, 0.15) is 41.4 Å². The molecule has 0 N–H and O–H groups in total. The highest BCUT2D eigenvalue weighted by atomic mass is 127. The fourth-order valence-corrected chi connectivity index (χ4v) is 2.68. The molecule has 0 spiro atoms. The molecule has 106 valence electrons. The highest BCUT2D eigenvalue weighted by Crippen LogP contribution is 2.38. The second-order valence-electron chi connectivity index (χ2n) is 5.56. The van der Waals surface area contributed by atoms with Crippen LogP contribution in [0.4, 0.5) is 0 Å². The van der Waals surface area contributed by atoms with E-state index >= 15 is 0 Å². The van der Waals surface area contributed by atoms with Crippen LogP contribution in [0.5, 0.6) is 0 Å². The molecule has 2 aromatic rings. The van der Waals surface area contributed by atoms with Crippen LogP contribution in [0.15, 0.2) is 30.6 Å². The van der Waals surface area contributed by atoms with E-state index in [0.717, 1.165) is 6.04 Å². The van der Waals surface area contributed by atoms with Crippen LogP contribution >= 0.6 is 0 Å².